The Morgan fingerprint density at radius 2 is 2.00 bits per heavy atom. The lowest BCUT2D eigenvalue weighted by Gasteiger charge is -2.28. The summed E-state index contributed by atoms with van der Waals surface area (Å²) < 4.78 is 28.3. The van der Waals surface area contributed by atoms with Crippen LogP contribution in [-0.2, 0) is 13.1 Å². The van der Waals surface area contributed by atoms with Crippen molar-refractivity contribution in [3.05, 3.63) is 11.6 Å². The number of rotatable bonds is 4. The van der Waals surface area contributed by atoms with Crippen molar-refractivity contribution < 1.29 is 8.78 Å². The minimum absolute atomic E-state index is 0.0470. The second-order valence-electron chi connectivity index (χ2n) is 4.96. The van der Waals surface area contributed by atoms with Crippen LogP contribution in [-0.4, -0.2) is 20.7 Å². The van der Waals surface area contributed by atoms with Crippen LogP contribution in [0.5, 0.6) is 0 Å². The van der Waals surface area contributed by atoms with Crippen molar-refractivity contribution in [1.82, 2.24) is 14.8 Å². The molecule has 2 N–H and O–H groups in total. The summed E-state index contributed by atoms with van der Waals surface area (Å²) >= 11 is 0. The van der Waals surface area contributed by atoms with Gasteiger partial charge in [0.25, 0.3) is 0 Å². The second-order valence-corrected chi connectivity index (χ2v) is 4.96. The number of hydrogen-bond acceptors (Lipinski definition) is 3. The number of alkyl halides is 2. The number of aromatic nitrogens is 3. The van der Waals surface area contributed by atoms with Gasteiger partial charge in [-0.3, -0.25) is 0 Å². The van der Waals surface area contributed by atoms with Gasteiger partial charge in [-0.05, 0) is 19.3 Å². The monoisotopic (exact) mass is 258 g/mol. The molecule has 1 aliphatic rings. The molecule has 0 atom stereocenters. The molecule has 0 bridgehead atoms. The molecular weight excluding hydrogens is 238 g/mol. The first kappa shape index (κ1) is 13.4. The first-order valence-corrected chi connectivity index (χ1v) is 6.57. The van der Waals surface area contributed by atoms with E-state index in [1.165, 1.54) is 0 Å². The zero-order valence-electron chi connectivity index (χ0n) is 10.7. The van der Waals surface area contributed by atoms with Gasteiger partial charge in [0, 0.05) is 25.3 Å². The van der Waals surface area contributed by atoms with Crippen molar-refractivity contribution in [2.45, 2.75) is 64.0 Å². The van der Waals surface area contributed by atoms with Gasteiger partial charge in [-0.25, -0.2) is 8.78 Å². The molecule has 1 aromatic heterocycles. The van der Waals surface area contributed by atoms with Crippen LogP contribution in [0.1, 0.15) is 56.6 Å². The first-order valence-electron chi connectivity index (χ1n) is 6.57. The van der Waals surface area contributed by atoms with E-state index in [-0.39, 0.29) is 18.8 Å². The van der Waals surface area contributed by atoms with E-state index in [1.807, 2.05) is 4.57 Å². The Balaban J connectivity index is 2.16. The summed E-state index contributed by atoms with van der Waals surface area (Å²) in [4.78, 5) is 0. The highest BCUT2D eigenvalue weighted by molar-refractivity contribution is 5.04. The minimum Gasteiger partial charge on any atom is -0.324 e. The molecule has 1 saturated carbocycles. The molecule has 0 aliphatic heterocycles. The smallest absolute Gasteiger partial charge is 0.248 e. The van der Waals surface area contributed by atoms with Gasteiger partial charge >= 0.3 is 0 Å². The highest BCUT2D eigenvalue weighted by atomic mass is 19.3. The molecule has 1 heterocycles. The fourth-order valence-corrected chi connectivity index (χ4v) is 2.57. The van der Waals surface area contributed by atoms with Gasteiger partial charge in [0.1, 0.15) is 11.6 Å². The fourth-order valence-electron chi connectivity index (χ4n) is 2.57. The summed E-state index contributed by atoms with van der Waals surface area (Å²) in [6.45, 7) is 3.22. The van der Waals surface area contributed by atoms with E-state index in [4.69, 9.17) is 5.73 Å². The summed E-state index contributed by atoms with van der Waals surface area (Å²) in [6.07, 6.45) is 1.84. The zero-order chi connectivity index (χ0) is 13.2. The van der Waals surface area contributed by atoms with Crippen LogP contribution < -0.4 is 5.73 Å². The van der Waals surface area contributed by atoms with Gasteiger partial charge in [0.2, 0.25) is 5.92 Å². The highest BCUT2D eigenvalue weighted by Crippen LogP contribution is 2.40. The Bertz CT molecular complexity index is 393. The molecule has 1 aromatic rings. The third kappa shape index (κ3) is 2.68. The van der Waals surface area contributed by atoms with E-state index in [0.717, 1.165) is 24.6 Å². The standard InChI is InChI=1S/C12H20F2N4/c1-2-7-18-10(8-15)16-17-11(18)9-3-5-12(13,14)6-4-9/h9H,2-8,15H2,1H3. The molecule has 18 heavy (non-hydrogen) atoms. The van der Waals surface area contributed by atoms with Crippen LogP contribution in [0.25, 0.3) is 0 Å². The molecule has 0 saturated heterocycles. The maximum atomic E-state index is 13.2. The van der Waals surface area contributed by atoms with E-state index in [0.29, 0.717) is 19.4 Å². The number of nitrogens with zero attached hydrogens (tertiary/aromatic N) is 3. The van der Waals surface area contributed by atoms with E-state index in [2.05, 4.69) is 17.1 Å². The molecule has 2 rings (SSSR count). The molecule has 0 amide bonds. The molecule has 1 aliphatic carbocycles. The van der Waals surface area contributed by atoms with Crippen molar-refractivity contribution in [2.75, 3.05) is 0 Å². The van der Waals surface area contributed by atoms with Crippen LogP contribution in [0.4, 0.5) is 8.78 Å². The Morgan fingerprint density at radius 1 is 1.33 bits per heavy atom. The number of hydrogen-bond donors (Lipinski definition) is 1. The third-order valence-electron chi connectivity index (χ3n) is 3.57. The summed E-state index contributed by atoms with van der Waals surface area (Å²) in [6, 6.07) is 0. The molecular formula is C12H20F2N4. The predicted molar refractivity (Wildman–Crippen MR) is 64.4 cm³/mol. The first-order chi connectivity index (χ1) is 8.57. The molecule has 6 heteroatoms. The summed E-state index contributed by atoms with van der Waals surface area (Å²) in [7, 11) is 0. The average Bonchev–Trinajstić information content (AvgIpc) is 2.73. The minimum atomic E-state index is -2.50. The summed E-state index contributed by atoms with van der Waals surface area (Å²) in [5.74, 6) is -0.802. The normalized spacial score (nSPS) is 20.2. The van der Waals surface area contributed by atoms with Gasteiger partial charge in [0.15, 0.2) is 0 Å². The Morgan fingerprint density at radius 3 is 2.56 bits per heavy atom. The lowest BCUT2D eigenvalue weighted by Crippen LogP contribution is -2.25. The van der Waals surface area contributed by atoms with Gasteiger partial charge in [-0.1, -0.05) is 6.92 Å². The maximum absolute atomic E-state index is 13.2. The molecule has 1 fully saturated rings. The van der Waals surface area contributed by atoms with Crippen LogP contribution >= 0.6 is 0 Å². The molecule has 102 valence electrons. The van der Waals surface area contributed by atoms with E-state index in [9.17, 15) is 8.78 Å². The van der Waals surface area contributed by atoms with Crippen molar-refractivity contribution in [3.63, 3.8) is 0 Å². The fraction of sp³-hybridized carbons (Fsp3) is 0.833. The van der Waals surface area contributed by atoms with Crippen LogP contribution in [0.2, 0.25) is 0 Å². The van der Waals surface area contributed by atoms with Crippen molar-refractivity contribution in [1.29, 1.82) is 0 Å². The van der Waals surface area contributed by atoms with Gasteiger partial charge in [-0.2, -0.15) is 0 Å². The van der Waals surface area contributed by atoms with Crippen molar-refractivity contribution in [2.24, 2.45) is 5.73 Å². The molecule has 0 spiro atoms. The predicted octanol–water partition coefficient (Wildman–Crippen LogP) is 2.44. The third-order valence-corrected chi connectivity index (χ3v) is 3.57. The van der Waals surface area contributed by atoms with Crippen molar-refractivity contribution in [3.8, 4) is 0 Å². The van der Waals surface area contributed by atoms with Crippen LogP contribution in [0.15, 0.2) is 0 Å². The summed E-state index contributed by atoms with van der Waals surface area (Å²) in [5.41, 5.74) is 5.62. The van der Waals surface area contributed by atoms with E-state index < -0.39 is 5.92 Å². The van der Waals surface area contributed by atoms with Gasteiger partial charge < -0.3 is 10.3 Å². The SMILES string of the molecule is CCCn1c(CN)nnc1C1CCC(F)(F)CC1. The van der Waals surface area contributed by atoms with Crippen LogP contribution in [0, 0.1) is 0 Å². The number of nitrogens with two attached hydrogens (primary N) is 1. The maximum Gasteiger partial charge on any atom is 0.248 e. The van der Waals surface area contributed by atoms with Crippen molar-refractivity contribution >= 4 is 0 Å². The van der Waals surface area contributed by atoms with Gasteiger partial charge in [-0.15, -0.1) is 10.2 Å². The Kier molecular flexibility index (Phi) is 3.94. The lowest BCUT2D eigenvalue weighted by atomic mass is 9.86. The van der Waals surface area contributed by atoms with E-state index in [1.54, 1.807) is 0 Å². The van der Waals surface area contributed by atoms with Crippen LogP contribution in [0.3, 0.4) is 0 Å². The van der Waals surface area contributed by atoms with Gasteiger partial charge in [0.05, 0.1) is 6.54 Å². The quantitative estimate of drug-likeness (QED) is 0.902. The topological polar surface area (TPSA) is 56.7 Å². The highest BCUT2D eigenvalue weighted by Gasteiger charge is 2.37. The summed E-state index contributed by atoms with van der Waals surface area (Å²) in [5, 5.41) is 8.23. The molecule has 0 aromatic carbocycles. The molecule has 0 unspecified atom stereocenters. The lowest BCUT2D eigenvalue weighted by molar-refractivity contribution is -0.0390. The molecule has 0 radical (unpaired) electrons. The molecule has 4 nitrogen and oxygen atoms in total. The second kappa shape index (κ2) is 5.30. The number of halogens is 2. The van der Waals surface area contributed by atoms with E-state index >= 15 is 0 Å². The zero-order valence-corrected chi connectivity index (χ0v) is 10.7. The average molecular weight is 258 g/mol. The largest absolute Gasteiger partial charge is 0.324 e. The Hall–Kier alpha value is -1.04. The Labute approximate surface area is 106 Å².